The average Bonchev–Trinajstić information content (AvgIpc) is 4.04. The van der Waals surface area contributed by atoms with E-state index < -0.39 is 133 Å². The molecule has 1 aliphatic rings. The molecule has 0 bridgehead atoms. The Kier molecular flexibility index (Phi) is 24.0. The van der Waals surface area contributed by atoms with Crippen molar-refractivity contribution in [1.29, 1.82) is 0 Å². The van der Waals surface area contributed by atoms with Gasteiger partial charge >= 0.3 is 5.97 Å². The number of carbonyl (C=O) groups is 10. The fraction of sp³-hybridized carbons (Fsp3) is 0.520. The molecule has 0 unspecified atom stereocenters. The number of nitrogens with one attached hydrogen (secondary N) is 9. The Bertz CT molecular complexity index is 2470. The highest BCUT2D eigenvalue weighted by molar-refractivity contribution is 7.80. The van der Waals surface area contributed by atoms with Gasteiger partial charge in [-0.25, -0.2) is 0 Å². The minimum Gasteiger partial charge on any atom is -0.480 e. The number of aromatic amines is 1. The van der Waals surface area contributed by atoms with Crippen molar-refractivity contribution in [2.75, 3.05) is 31.9 Å². The molecule has 0 saturated carbocycles. The van der Waals surface area contributed by atoms with Gasteiger partial charge in [-0.05, 0) is 75.6 Å². The maximum Gasteiger partial charge on any atom is 0.322 e. The second-order valence-electron chi connectivity index (χ2n) is 18.8. The first kappa shape index (κ1) is 60.5. The van der Waals surface area contributed by atoms with E-state index in [2.05, 4.69) is 60.1 Å². The molecule has 2 aromatic carbocycles. The number of rotatable bonds is 29. The second kappa shape index (κ2) is 29.7. The number of amides is 9. The van der Waals surface area contributed by atoms with E-state index in [1.807, 2.05) is 24.3 Å². The fourth-order valence-electron chi connectivity index (χ4n) is 8.33. The lowest BCUT2D eigenvalue weighted by molar-refractivity contribution is -0.142. The molecule has 9 atom stereocenters. The number of aromatic nitrogens is 1. The average molecular weight is 1070 g/mol. The first-order valence-electron chi connectivity index (χ1n) is 24.9. The fourth-order valence-corrected chi connectivity index (χ4v) is 8.57. The monoisotopic (exact) mass is 1060 g/mol. The van der Waals surface area contributed by atoms with E-state index >= 15 is 0 Å². The van der Waals surface area contributed by atoms with Gasteiger partial charge in [0.05, 0.1) is 18.7 Å². The van der Waals surface area contributed by atoms with Crippen LogP contribution in [0.2, 0.25) is 0 Å². The summed E-state index contributed by atoms with van der Waals surface area (Å²) in [6, 6.07) is 6.18. The van der Waals surface area contributed by atoms with E-state index in [9.17, 15) is 53.1 Å². The third-order valence-corrected chi connectivity index (χ3v) is 12.8. The van der Waals surface area contributed by atoms with E-state index in [0.717, 1.165) is 16.5 Å². The number of carboxylic acid groups (broad SMARTS) is 1. The quantitative estimate of drug-likeness (QED) is 0.0255. The van der Waals surface area contributed by atoms with Crippen LogP contribution in [0.3, 0.4) is 0 Å². The minimum atomic E-state index is -1.63. The standard InChI is InChI=1S/C50H72N12O12S/c1-27(2)41(48(72)55-25-40(65)66)60-44(68)34(17-10-11-19-51)57-45(69)35(21-30-13-6-5-7-14-30)56-39(64)24-54-49(73)42(29(4)63)61-47(71)38-18-12-20-62(38)50(74)37(26-75)59-46(70)36(58-43(67)28(3)52)22-31-23-53-33-16-9-8-15-32(31)33/h5-9,13-16,23,27-29,34-38,41-42,53,63,75H,10-12,17-22,24-26,51-52H2,1-4H3,(H,54,73)(H,55,72)(H,56,64)(H,57,69)(H,58,67)(H,59,70)(H,60,68)(H,61,71)(H,65,66)/t28-,29+,34-,35-,36-,37-,38-,41-,42-/m0/s1. The molecule has 1 aromatic heterocycles. The first-order valence-corrected chi connectivity index (χ1v) is 25.5. The molecule has 15 N–H and O–H groups in total. The van der Waals surface area contributed by atoms with Crippen LogP contribution in [0.1, 0.15) is 70.9 Å². The zero-order valence-electron chi connectivity index (χ0n) is 42.6. The molecule has 0 radical (unpaired) electrons. The van der Waals surface area contributed by atoms with Gasteiger partial charge in [0.25, 0.3) is 0 Å². The lowest BCUT2D eigenvalue weighted by atomic mass is 10.0. The van der Waals surface area contributed by atoms with E-state index in [0.29, 0.717) is 24.8 Å². The van der Waals surface area contributed by atoms with Crippen molar-refractivity contribution in [3.8, 4) is 0 Å². The molecule has 410 valence electrons. The van der Waals surface area contributed by atoms with Crippen LogP contribution in [0.5, 0.6) is 0 Å². The van der Waals surface area contributed by atoms with Gasteiger partial charge in [-0.2, -0.15) is 12.6 Å². The van der Waals surface area contributed by atoms with Crippen LogP contribution in [-0.2, 0) is 60.8 Å². The highest BCUT2D eigenvalue weighted by Crippen LogP contribution is 2.22. The topological polar surface area (TPSA) is 378 Å². The summed E-state index contributed by atoms with van der Waals surface area (Å²) in [5.74, 6) is -8.82. The number of hydrogen-bond acceptors (Lipinski definition) is 14. The van der Waals surface area contributed by atoms with Gasteiger partial charge in [0.15, 0.2) is 0 Å². The minimum absolute atomic E-state index is 0.0458. The summed E-state index contributed by atoms with van der Waals surface area (Å²) in [7, 11) is 0. The van der Waals surface area contributed by atoms with Crippen LogP contribution in [0.25, 0.3) is 10.9 Å². The number of carbonyl (C=O) groups excluding carboxylic acids is 9. The van der Waals surface area contributed by atoms with E-state index in [1.165, 1.54) is 18.7 Å². The molecule has 1 aliphatic heterocycles. The maximum absolute atomic E-state index is 14.1. The van der Waals surface area contributed by atoms with Gasteiger partial charge in [-0.3, -0.25) is 47.9 Å². The number of benzene rings is 2. The summed E-state index contributed by atoms with van der Waals surface area (Å²) in [4.78, 5) is 138. The molecule has 25 heteroatoms. The third kappa shape index (κ3) is 18.4. The number of hydrogen-bond donors (Lipinski definition) is 14. The molecule has 9 amide bonds. The number of aliphatic carboxylic acids is 1. The number of fused-ring (bicyclic) bond motifs is 1. The van der Waals surface area contributed by atoms with Crippen LogP contribution in [0.4, 0.5) is 0 Å². The van der Waals surface area contributed by atoms with Crippen LogP contribution >= 0.6 is 12.6 Å². The number of thiol groups is 1. The number of nitrogens with two attached hydrogens (primary N) is 2. The highest BCUT2D eigenvalue weighted by atomic mass is 32.1. The molecule has 3 aromatic rings. The summed E-state index contributed by atoms with van der Waals surface area (Å²) in [6.07, 6.45) is 1.70. The zero-order chi connectivity index (χ0) is 55.4. The van der Waals surface area contributed by atoms with Gasteiger partial charge in [-0.1, -0.05) is 62.4 Å². The van der Waals surface area contributed by atoms with Crippen LogP contribution in [0, 0.1) is 5.92 Å². The Hall–Kier alpha value is -7.09. The van der Waals surface area contributed by atoms with Gasteiger partial charge < -0.3 is 74.1 Å². The van der Waals surface area contributed by atoms with E-state index in [4.69, 9.17) is 16.6 Å². The second-order valence-corrected chi connectivity index (χ2v) is 19.2. The summed E-state index contributed by atoms with van der Waals surface area (Å²) in [5.41, 5.74) is 13.7. The normalized spacial score (nSPS) is 16.4. The predicted octanol–water partition coefficient (Wildman–Crippen LogP) is -2.39. The van der Waals surface area contributed by atoms with Gasteiger partial charge in [0.1, 0.15) is 48.8 Å². The van der Waals surface area contributed by atoms with E-state index in [-0.39, 0.29) is 44.5 Å². The van der Waals surface area contributed by atoms with Gasteiger partial charge in [0, 0.05) is 42.2 Å². The Morgan fingerprint density at radius 1 is 0.707 bits per heavy atom. The number of H-pyrrole nitrogens is 1. The summed E-state index contributed by atoms with van der Waals surface area (Å²) in [6.45, 7) is 4.96. The van der Waals surface area contributed by atoms with Gasteiger partial charge in [-0.15, -0.1) is 0 Å². The molecule has 2 heterocycles. The first-order chi connectivity index (χ1) is 35.6. The molecule has 1 saturated heterocycles. The van der Waals surface area contributed by atoms with Crippen molar-refractivity contribution in [1.82, 2.24) is 52.4 Å². The number of para-hydroxylation sites is 1. The number of aliphatic hydroxyl groups excluding tert-OH is 1. The third-order valence-electron chi connectivity index (χ3n) is 12.4. The summed E-state index contributed by atoms with van der Waals surface area (Å²) < 4.78 is 0. The van der Waals surface area contributed by atoms with Crippen LogP contribution < -0.4 is 54.0 Å². The number of aliphatic hydroxyl groups is 1. The number of likely N-dealkylation sites (tertiary alicyclic amines) is 1. The molecule has 0 spiro atoms. The highest BCUT2D eigenvalue weighted by Gasteiger charge is 2.40. The van der Waals surface area contributed by atoms with Crippen LogP contribution in [-0.4, -0.2) is 166 Å². The summed E-state index contributed by atoms with van der Waals surface area (Å²) >= 11 is 4.33. The lowest BCUT2D eigenvalue weighted by Crippen LogP contribution is -2.60. The van der Waals surface area contributed by atoms with Crippen LogP contribution in [0.15, 0.2) is 60.8 Å². The SMILES string of the molecule is CC(C)[C@H](NC(=O)[C@H](CCCCN)NC(=O)[C@H](Cc1ccccc1)NC(=O)CNC(=O)[C@@H](NC(=O)[C@@H]1CCCN1C(=O)[C@H](CS)NC(=O)[C@H](Cc1c[nH]c2ccccc12)NC(=O)[C@H](C)N)[C@@H](C)O)C(=O)NCC(=O)O. The van der Waals surface area contributed by atoms with E-state index in [1.54, 1.807) is 50.4 Å². The maximum atomic E-state index is 14.1. The molecule has 1 fully saturated rings. The Labute approximate surface area is 440 Å². The summed E-state index contributed by atoms with van der Waals surface area (Å²) in [5, 5.41) is 40.8. The lowest BCUT2D eigenvalue weighted by Gasteiger charge is -2.30. The largest absolute Gasteiger partial charge is 0.480 e. The van der Waals surface area contributed by atoms with Crippen molar-refractivity contribution in [2.24, 2.45) is 17.4 Å². The number of nitrogens with zero attached hydrogens (tertiary/aromatic N) is 1. The van der Waals surface area contributed by atoms with Crippen molar-refractivity contribution in [3.63, 3.8) is 0 Å². The zero-order valence-corrected chi connectivity index (χ0v) is 43.5. The predicted molar refractivity (Wildman–Crippen MR) is 279 cm³/mol. The molecule has 4 rings (SSSR count). The molecule has 0 aliphatic carbocycles. The Balaban J connectivity index is 1.42. The van der Waals surface area contributed by atoms with Crippen molar-refractivity contribution >= 4 is 82.7 Å². The smallest absolute Gasteiger partial charge is 0.322 e. The number of unbranched alkanes of at least 4 members (excludes halogenated alkanes) is 1. The van der Waals surface area contributed by atoms with Crippen molar-refractivity contribution in [2.45, 2.75) is 127 Å². The Morgan fingerprint density at radius 3 is 1.93 bits per heavy atom. The van der Waals surface area contributed by atoms with Crippen molar-refractivity contribution < 1.29 is 58.2 Å². The molecule has 24 nitrogen and oxygen atoms in total. The Morgan fingerprint density at radius 2 is 1.31 bits per heavy atom. The molecular formula is C50H72N12O12S. The van der Waals surface area contributed by atoms with Crippen molar-refractivity contribution in [3.05, 3.63) is 71.9 Å². The number of carboxylic acids is 1. The molecule has 75 heavy (non-hydrogen) atoms. The van der Waals surface area contributed by atoms with Gasteiger partial charge in [0.2, 0.25) is 53.2 Å². The molecular weight excluding hydrogens is 993 g/mol.